The van der Waals surface area contributed by atoms with Crippen LogP contribution < -0.4 is 0 Å². The summed E-state index contributed by atoms with van der Waals surface area (Å²) in [7, 11) is 0. The summed E-state index contributed by atoms with van der Waals surface area (Å²) in [5, 5.41) is 10.5. The summed E-state index contributed by atoms with van der Waals surface area (Å²) >= 11 is 5.87. The first-order valence-corrected chi connectivity index (χ1v) is 6.09. The lowest BCUT2D eigenvalue weighted by molar-refractivity contribution is -0.130. The molecule has 0 bridgehead atoms. The highest BCUT2D eigenvalue weighted by Crippen LogP contribution is 2.21. The van der Waals surface area contributed by atoms with Crippen molar-refractivity contribution in [3.63, 3.8) is 0 Å². The number of rotatable bonds is 2. The van der Waals surface area contributed by atoms with Crippen LogP contribution in [0.4, 0.5) is 0 Å². The number of hydrogen-bond acceptors (Lipinski definition) is 2. The number of amides is 1. The Balaban J connectivity index is 1.98. The van der Waals surface area contributed by atoms with Crippen LogP contribution in [-0.4, -0.2) is 34.6 Å². The van der Waals surface area contributed by atoms with E-state index in [0.717, 1.165) is 5.56 Å². The van der Waals surface area contributed by atoms with E-state index < -0.39 is 5.60 Å². The molecule has 1 unspecified atom stereocenters. The van der Waals surface area contributed by atoms with Crippen LogP contribution in [0.5, 0.6) is 0 Å². The highest BCUT2D eigenvalue weighted by Gasteiger charge is 2.33. The van der Waals surface area contributed by atoms with Gasteiger partial charge in [-0.3, -0.25) is 4.79 Å². The molecule has 1 aromatic carbocycles. The molecule has 0 saturated carbocycles. The van der Waals surface area contributed by atoms with E-state index >= 15 is 0 Å². The lowest BCUT2D eigenvalue weighted by Crippen LogP contribution is -2.34. The van der Waals surface area contributed by atoms with Gasteiger partial charge in [-0.2, -0.15) is 0 Å². The Bertz CT molecular complexity index is 431. The van der Waals surface area contributed by atoms with Gasteiger partial charge < -0.3 is 10.0 Å². The lowest BCUT2D eigenvalue weighted by Gasteiger charge is -2.19. The summed E-state index contributed by atoms with van der Waals surface area (Å²) in [6.07, 6.45) is 0.991. The first-order valence-electron chi connectivity index (χ1n) is 5.71. The van der Waals surface area contributed by atoms with Gasteiger partial charge in [0.2, 0.25) is 5.91 Å². The van der Waals surface area contributed by atoms with Crippen LogP contribution >= 0.6 is 11.6 Å². The maximum absolute atomic E-state index is 12.0. The highest BCUT2D eigenvalue weighted by molar-refractivity contribution is 6.30. The molecule has 1 aliphatic rings. The van der Waals surface area contributed by atoms with Crippen molar-refractivity contribution in [1.29, 1.82) is 0 Å². The van der Waals surface area contributed by atoms with Gasteiger partial charge in [0.05, 0.1) is 12.0 Å². The molecule has 0 aromatic heterocycles. The largest absolute Gasteiger partial charge is 0.388 e. The molecule has 92 valence electrons. The number of nitrogens with zero attached hydrogens (tertiary/aromatic N) is 1. The minimum absolute atomic E-state index is 0.0463. The van der Waals surface area contributed by atoms with E-state index in [-0.39, 0.29) is 5.91 Å². The van der Waals surface area contributed by atoms with E-state index in [9.17, 15) is 9.90 Å². The predicted molar refractivity (Wildman–Crippen MR) is 67.0 cm³/mol. The quantitative estimate of drug-likeness (QED) is 0.874. The first kappa shape index (κ1) is 12.4. The van der Waals surface area contributed by atoms with Gasteiger partial charge in [-0.25, -0.2) is 0 Å². The monoisotopic (exact) mass is 253 g/mol. The van der Waals surface area contributed by atoms with Crippen molar-refractivity contribution in [3.05, 3.63) is 34.9 Å². The van der Waals surface area contributed by atoms with Crippen molar-refractivity contribution in [1.82, 2.24) is 4.90 Å². The maximum atomic E-state index is 12.0. The van der Waals surface area contributed by atoms with Gasteiger partial charge in [-0.1, -0.05) is 23.7 Å². The fraction of sp³-hybridized carbons (Fsp3) is 0.462. The molecule has 1 amide bonds. The van der Waals surface area contributed by atoms with Crippen molar-refractivity contribution >= 4 is 17.5 Å². The number of β-amino-alcohol motifs (C(OH)–C–C–N with tert-alkyl or cyclic N) is 1. The SMILES string of the molecule is CC1(O)CCN(C(=O)Cc2cccc(Cl)c2)C1. The molecule has 0 aliphatic carbocycles. The van der Waals surface area contributed by atoms with Crippen LogP contribution in [0.15, 0.2) is 24.3 Å². The van der Waals surface area contributed by atoms with Crippen LogP contribution in [0, 0.1) is 0 Å². The topological polar surface area (TPSA) is 40.5 Å². The Morgan fingerprint density at radius 1 is 1.59 bits per heavy atom. The summed E-state index contributed by atoms with van der Waals surface area (Å²) < 4.78 is 0. The number of benzene rings is 1. The van der Waals surface area contributed by atoms with Gasteiger partial charge in [0.1, 0.15) is 0 Å². The Morgan fingerprint density at radius 2 is 2.35 bits per heavy atom. The third-order valence-electron chi connectivity index (χ3n) is 3.05. The molecule has 1 atom stereocenters. The van der Waals surface area contributed by atoms with Crippen molar-refractivity contribution in [2.24, 2.45) is 0 Å². The third kappa shape index (κ3) is 3.20. The summed E-state index contributed by atoms with van der Waals surface area (Å²) in [5.74, 6) is 0.0463. The molecule has 1 aliphatic heterocycles. The summed E-state index contributed by atoms with van der Waals surface area (Å²) in [4.78, 5) is 13.7. The Morgan fingerprint density at radius 3 is 2.94 bits per heavy atom. The molecule has 3 nitrogen and oxygen atoms in total. The van der Waals surface area contributed by atoms with E-state index in [0.29, 0.717) is 31.0 Å². The zero-order chi connectivity index (χ0) is 12.5. The molecule has 0 radical (unpaired) electrons. The van der Waals surface area contributed by atoms with E-state index in [4.69, 9.17) is 11.6 Å². The van der Waals surface area contributed by atoms with Crippen molar-refractivity contribution in [2.45, 2.75) is 25.4 Å². The van der Waals surface area contributed by atoms with Gasteiger partial charge in [-0.15, -0.1) is 0 Å². The minimum atomic E-state index is -0.732. The summed E-state index contributed by atoms with van der Waals surface area (Å²) in [6, 6.07) is 7.31. The minimum Gasteiger partial charge on any atom is -0.388 e. The van der Waals surface area contributed by atoms with Gasteiger partial charge >= 0.3 is 0 Å². The van der Waals surface area contributed by atoms with Crippen molar-refractivity contribution in [3.8, 4) is 0 Å². The van der Waals surface area contributed by atoms with Crippen LogP contribution in [0.2, 0.25) is 5.02 Å². The molecule has 1 N–H and O–H groups in total. The molecular formula is C13H16ClNO2. The number of likely N-dealkylation sites (tertiary alicyclic amines) is 1. The van der Waals surface area contributed by atoms with E-state index in [1.807, 2.05) is 12.1 Å². The average molecular weight is 254 g/mol. The Hall–Kier alpha value is -1.06. The van der Waals surface area contributed by atoms with Crippen LogP contribution in [-0.2, 0) is 11.2 Å². The number of carbonyl (C=O) groups is 1. The molecule has 1 aromatic rings. The average Bonchev–Trinajstić information content (AvgIpc) is 2.59. The zero-order valence-electron chi connectivity index (χ0n) is 9.82. The van der Waals surface area contributed by atoms with Gasteiger partial charge in [0.25, 0.3) is 0 Å². The molecule has 0 spiro atoms. The van der Waals surface area contributed by atoms with E-state index in [1.54, 1.807) is 24.0 Å². The summed E-state index contributed by atoms with van der Waals surface area (Å²) in [6.45, 7) is 2.82. The second-order valence-electron chi connectivity index (χ2n) is 4.87. The zero-order valence-corrected chi connectivity index (χ0v) is 10.6. The van der Waals surface area contributed by atoms with Gasteiger partial charge in [0.15, 0.2) is 0 Å². The van der Waals surface area contributed by atoms with Crippen molar-refractivity contribution < 1.29 is 9.90 Å². The molecule has 1 heterocycles. The molecule has 2 rings (SSSR count). The first-order chi connectivity index (χ1) is 7.96. The molecule has 17 heavy (non-hydrogen) atoms. The number of hydrogen-bond donors (Lipinski definition) is 1. The molecule has 1 saturated heterocycles. The maximum Gasteiger partial charge on any atom is 0.227 e. The number of aliphatic hydroxyl groups is 1. The van der Waals surface area contributed by atoms with Gasteiger partial charge in [0, 0.05) is 18.1 Å². The van der Waals surface area contributed by atoms with E-state index in [1.165, 1.54) is 0 Å². The second kappa shape index (κ2) is 4.67. The predicted octanol–water partition coefficient (Wildman–Crippen LogP) is 1.87. The second-order valence-corrected chi connectivity index (χ2v) is 5.31. The van der Waals surface area contributed by atoms with E-state index in [2.05, 4.69) is 0 Å². The fourth-order valence-electron chi connectivity index (χ4n) is 2.09. The van der Waals surface area contributed by atoms with Crippen molar-refractivity contribution in [2.75, 3.05) is 13.1 Å². The summed E-state index contributed by atoms with van der Waals surface area (Å²) in [5.41, 5.74) is 0.179. The molecule has 1 fully saturated rings. The molecular weight excluding hydrogens is 238 g/mol. The lowest BCUT2D eigenvalue weighted by atomic mass is 10.1. The van der Waals surface area contributed by atoms with Crippen LogP contribution in [0.3, 0.4) is 0 Å². The number of halogens is 1. The third-order valence-corrected chi connectivity index (χ3v) is 3.28. The number of carbonyl (C=O) groups excluding carboxylic acids is 1. The standard InChI is InChI=1S/C13H16ClNO2/c1-13(17)5-6-15(9-13)12(16)8-10-3-2-4-11(14)7-10/h2-4,7,17H,5-6,8-9H2,1H3. The highest BCUT2D eigenvalue weighted by atomic mass is 35.5. The smallest absolute Gasteiger partial charge is 0.227 e. The van der Waals surface area contributed by atoms with Gasteiger partial charge in [-0.05, 0) is 31.0 Å². The van der Waals surface area contributed by atoms with Crippen LogP contribution in [0.1, 0.15) is 18.9 Å². The van der Waals surface area contributed by atoms with Crippen LogP contribution in [0.25, 0.3) is 0 Å². The normalized spacial score (nSPS) is 24.1. The Labute approximate surface area is 106 Å². The fourth-order valence-corrected chi connectivity index (χ4v) is 2.30. The molecule has 4 heteroatoms. The Kier molecular flexibility index (Phi) is 3.40.